The number of anilines is 1. The molecule has 3 heterocycles. The maximum atomic E-state index is 5.88. The Hall–Kier alpha value is -2.43. The Bertz CT molecular complexity index is 672. The SMILES string of the molecule is Cc1nc2n[nH]c(-c3ccncc3)c2cc1N. The van der Waals surface area contributed by atoms with Gasteiger partial charge in [-0.05, 0) is 25.1 Å². The zero-order valence-electron chi connectivity index (χ0n) is 9.31. The van der Waals surface area contributed by atoms with E-state index in [0.29, 0.717) is 11.3 Å². The van der Waals surface area contributed by atoms with E-state index in [1.54, 1.807) is 12.4 Å². The van der Waals surface area contributed by atoms with Gasteiger partial charge in [-0.25, -0.2) is 4.98 Å². The normalized spacial score (nSPS) is 10.9. The van der Waals surface area contributed by atoms with Gasteiger partial charge < -0.3 is 5.73 Å². The fraction of sp³-hybridized carbons (Fsp3) is 0.0833. The van der Waals surface area contributed by atoms with Crippen molar-refractivity contribution in [1.29, 1.82) is 0 Å². The molecule has 0 aliphatic rings. The Labute approximate surface area is 97.7 Å². The molecule has 3 aromatic heterocycles. The Morgan fingerprint density at radius 1 is 1.24 bits per heavy atom. The molecule has 17 heavy (non-hydrogen) atoms. The fourth-order valence-corrected chi connectivity index (χ4v) is 1.79. The van der Waals surface area contributed by atoms with Crippen LogP contribution in [0.25, 0.3) is 22.3 Å². The van der Waals surface area contributed by atoms with Crippen molar-refractivity contribution in [1.82, 2.24) is 20.2 Å². The fourth-order valence-electron chi connectivity index (χ4n) is 1.79. The molecule has 0 bridgehead atoms. The minimum atomic E-state index is 0.675. The van der Waals surface area contributed by atoms with Crippen LogP contribution in [-0.2, 0) is 0 Å². The standard InChI is InChI=1S/C12H11N5/c1-7-10(13)6-9-11(16-17-12(9)15-7)8-2-4-14-5-3-8/h2-6H,13H2,1H3,(H,15,16,17). The first kappa shape index (κ1) is 9.77. The number of rotatable bonds is 1. The van der Waals surface area contributed by atoms with E-state index in [9.17, 15) is 0 Å². The van der Waals surface area contributed by atoms with E-state index in [0.717, 1.165) is 22.3 Å². The summed E-state index contributed by atoms with van der Waals surface area (Å²) in [5, 5.41) is 8.10. The summed E-state index contributed by atoms with van der Waals surface area (Å²) in [4.78, 5) is 8.33. The van der Waals surface area contributed by atoms with Gasteiger partial charge in [0.2, 0.25) is 0 Å². The Morgan fingerprint density at radius 2 is 2.00 bits per heavy atom. The van der Waals surface area contributed by atoms with Crippen molar-refractivity contribution in [3.05, 3.63) is 36.3 Å². The number of aromatic nitrogens is 4. The number of fused-ring (bicyclic) bond motifs is 1. The molecule has 0 aromatic carbocycles. The summed E-state index contributed by atoms with van der Waals surface area (Å²) in [6, 6.07) is 5.74. The zero-order chi connectivity index (χ0) is 11.8. The highest BCUT2D eigenvalue weighted by atomic mass is 15.1. The lowest BCUT2D eigenvalue weighted by molar-refractivity contribution is 1.09. The molecule has 0 atom stereocenters. The molecule has 0 aliphatic heterocycles. The Morgan fingerprint density at radius 3 is 2.76 bits per heavy atom. The van der Waals surface area contributed by atoms with Gasteiger partial charge >= 0.3 is 0 Å². The number of aromatic amines is 1. The van der Waals surface area contributed by atoms with Crippen molar-refractivity contribution in [2.75, 3.05) is 5.73 Å². The van der Waals surface area contributed by atoms with Gasteiger partial charge in [0.25, 0.3) is 0 Å². The number of hydrogen-bond donors (Lipinski definition) is 2. The summed E-state index contributed by atoms with van der Waals surface area (Å²) >= 11 is 0. The molecule has 0 aliphatic carbocycles. The van der Waals surface area contributed by atoms with E-state index in [2.05, 4.69) is 20.2 Å². The third-order valence-corrected chi connectivity index (χ3v) is 2.74. The molecular weight excluding hydrogens is 214 g/mol. The largest absolute Gasteiger partial charge is 0.397 e. The van der Waals surface area contributed by atoms with Crippen molar-refractivity contribution in [2.45, 2.75) is 6.92 Å². The minimum absolute atomic E-state index is 0.675. The van der Waals surface area contributed by atoms with E-state index >= 15 is 0 Å². The molecule has 3 aromatic rings. The molecule has 5 heteroatoms. The van der Waals surface area contributed by atoms with Crippen molar-refractivity contribution >= 4 is 16.7 Å². The van der Waals surface area contributed by atoms with Crippen LogP contribution >= 0.6 is 0 Å². The second-order valence-electron chi connectivity index (χ2n) is 3.87. The van der Waals surface area contributed by atoms with E-state index in [4.69, 9.17) is 5.73 Å². The predicted octanol–water partition coefficient (Wildman–Crippen LogP) is 1.91. The lowest BCUT2D eigenvalue weighted by atomic mass is 10.1. The molecule has 0 amide bonds. The Balaban J connectivity index is 2.29. The summed E-state index contributed by atoms with van der Waals surface area (Å²) in [5.41, 5.74) is 9.97. The van der Waals surface area contributed by atoms with E-state index in [1.165, 1.54) is 0 Å². The van der Waals surface area contributed by atoms with Crippen LogP contribution in [0.1, 0.15) is 5.69 Å². The molecule has 0 saturated carbocycles. The van der Waals surface area contributed by atoms with Crippen LogP contribution < -0.4 is 5.73 Å². The first-order valence-electron chi connectivity index (χ1n) is 5.27. The third kappa shape index (κ3) is 1.52. The van der Waals surface area contributed by atoms with Gasteiger partial charge in [0.1, 0.15) is 0 Å². The Kier molecular flexibility index (Phi) is 2.04. The quantitative estimate of drug-likeness (QED) is 0.663. The molecule has 84 valence electrons. The van der Waals surface area contributed by atoms with Crippen LogP contribution in [0.2, 0.25) is 0 Å². The number of nitrogens with zero attached hydrogens (tertiary/aromatic N) is 3. The second-order valence-corrected chi connectivity index (χ2v) is 3.87. The van der Waals surface area contributed by atoms with Gasteiger partial charge in [0.15, 0.2) is 5.65 Å². The first-order valence-corrected chi connectivity index (χ1v) is 5.27. The number of nitrogen functional groups attached to an aromatic ring is 1. The topological polar surface area (TPSA) is 80.5 Å². The number of H-pyrrole nitrogens is 1. The molecule has 0 unspecified atom stereocenters. The molecular formula is C12H11N5. The number of aryl methyl sites for hydroxylation is 1. The molecule has 0 radical (unpaired) electrons. The van der Waals surface area contributed by atoms with E-state index in [-0.39, 0.29) is 0 Å². The minimum Gasteiger partial charge on any atom is -0.397 e. The molecule has 0 saturated heterocycles. The van der Waals surface area contributed by atoms with Crippen molar-refractivity contribution in [2.24, 2.45) is 0 Å². The van der Waals surface area contributed by atoms with Gasteiger partial charge in [-0.3, -0.25) is 10.1 Å². The van der Waals surface area contributed by atoms with Gasteiger partial charge in [0, 0.05) is 23.3 Å². The van der Waals surface area contributed by atoms with Crippen LogP contribution in [0.3, 0.4) is 0 Å². The van der Waals surface area contributed by atoms with Crippen LogP contribution in [0.4, 0.5) is 5.69 Å². The number of nitrogens with one attached hydrogen (secondary N) is 1. The molecule has 0 fully saturated rings. The molecule has 5 nitrogen and oxygen atoms in total. The summed E-state index contributed by atoms with van der Waals surface area (Å²) in [5.74, 6) is 0. The summed E-state index contributed by atoms with van der Waals surface area (Å²) in [7, 11) is 0. The summed E-state index contributed by atoms with van der Waals surface area (Å²) < 4.78 is 0. The number of pyridine rings is 2. The van der Waals surface area contributed by atoms with Crippen LogP contribution in [0.5, 0.6) is 0 Å². The van der Waals surface area contributed by atoms with E-state index < -0.39 is 0 Å². The third-order valence-electron chi connectivity index (χ3n) is 2.74. The second kappa shape index (κ2) is 3.55. The van der Waals surface area contributed by atoms with Gasteiger partial charge in [-0.2, -0.15) is 5.10 Å². The molecule has 0 spiro atoms. The number of nitrogens with two attached hydrogens (primary N) is 1. The highest BCUT2D eigenvalue weighted by Gasteiger charge is 2.10. The lowest BCUT2D eigenvalue weighted by Gasteiger charge is -2.00. The average molecular weight is 225 g/mol. The van der Waals surface area contributed by atoms with Gasteiger partial charge in [-0.1, -0.05) is 0 Å². The van der Waals surface area contributed by atoms with Gasteiger partial charge in [0.05, 0.1) is 17.1 Å². The van der Waals surface area contributed by atoms with Crippen molar-refractivity contribution < 1.29 is 0 Å². The maximum absolute atomic E-state index is 5.88. The van der Waals surface area contributed by atoms with Gasteiger partial charge in [-0.15, -0.1) is 0 Å². The monoisotopic (exact) mass is 225 g/mol. The van der Waals surface area contributed by atoms with Crippen LogP contribution in [0.15, 0.2) is 30.6 Å². The smallest absolute Gasteiger partial charge is 0.181 e. The maximum Gasteiger partial charge on any atom is 0.181 e. The molecule has 3 N–H and O–H groups in total. The number of hydrogen-bond acceptors (Lipinski definition) is 4. The summed E-state index contributed by atoms with van der Waals surface area (Å²) in [6.07, 6.45) is 3.49. The highest BCUT2D eigenvalue weighted by Crippen LogP contribution is 2.26. The van der Waals surface area contributed by atoms with Crippen molar-refractivity contribution in [3.63, 3.8) is 0 Å². The van der Waals surface area contributed by atoms with E-state index in [1.807, 2.05) is 25.1 Å². The van der Waals surface area contributed by atoms with Crippen LogP contribution in [0, 0.1) is 6.92 Å². The first-order chi connectivity index (χ1) is 8.25. The average Bonchev–Trinajstić information content (AvgIpc) is 2.74. The highest BCUT2D eigenvalue weighted by molar-refractivity contribution is 5.92. The predicted molar refractivity (Wildman–Crippen MR) is 66.3 cm³/mol. The lowest BCUT2D eigenvalue weighted by Crippen LogP contribution is -1.92. The van der Waals surface area contributed by atoms with Crippen molar-refractivity contribution in [3.8, 4) is 11.3 Å². The van der Waals surface area contributed by atoms with Crippen LogP contribution in [-0.4, -0.2) is 20.2 Å². The summed E-state index contributed by atoms with van der Waals surface area (Å²) in [6.45, 7) is 1.87. The zero-order valence-corrected chi connectivity index (χ0v) is 9.31. The molecule has 3 rings (SSSR count).